The molecular formula is C18H25N5O2. The molecule has 2 unspecified atom stereocenters. The number of aryl methyl sites for hydroxylation is 1. The van der Waals surface area contributed by atoms with Crippen LogP contribution in [0.2, 0.25) is 0 Å². The van der Waals surface area contributed by atoms with Gasteiger partial charge in [-0.05, 0) is 19.1 Å². The van der Waals surface area contributed by atoms with E-state index in [1.807, 2.05) is 44.3 Å². The molecule has 2 aromatic rings. The molecule has 3 rings (SSSR count). The van der Waals surface area contributed by atoms with E-state index in [1.165, 1.54) is 0 Å². The van der Waals surface area contributed by atoms with Crippen LogP contribution in [0.1, 0.15) is 26.0 Å². The third kappa shape index (κ3) is 3.18. The Kier molecular flexibility index (Phi) is 4.41. The van der Waals surface area contributed by atoms with Gasteiger partial charge in [0.05, 0.1) is 5.69 Å². The van der Waals surface area contributed by atoms with E-state index in [0.29, 0.717) is 5.82 Å². The van der Waals surface area contributed by atoms with Crippen molar-refractivity contribution in [3.63, 3.8) is 0 Å². The summed E-state index contributed by atoms with van der Waals surface area (Å²) < 4.78 is 7.71. The molecule has 25 heavy (non-hydrogen) atoms. The first kappa shape index (κ1) is 17.3. The molecule has 2 atom stereocenters. The summed E-state index contributed by atoms with van der Waals surface area (Å²) in [5.41, 5.74) is 0.680. The third-order valence-electron chi connectivity index (χ3n) is 5.27. The Balaban J connectivity index is 1.62. The standard InChI is InChI=1S/C18H25N5O2/c1-12-16(20-21-23(12)5)19-17(24)22(4)14-11-15(18(14,2)3)25-13-9-7-6-8-10-13/h6-10,14-15H,11H2,1-5H3,(H,19,24). The topological polar surface area (TPSA) is 72.3 Å². The predicted octanol–water partition coefficient (Wildman–Crippen LogP) is 2.83. The number of hydrogen-bond acceptors (Lipinski definition) is 4. The monoisotopic (exact) mass is 343 g/mol. The zero-order valence-electron chi connectivity index (χ0n) is 15.4. The van der Waals surface area contributed by atoms with Gasteiger partial charge in [0.2, 0.25) is 0 Å². The molecule has 0 bridgehead atoms. The maximum absolute atomic E-state index is 12.6. The summed E-state index contributed by atoms with van der Waals surface area (Å²) in [4.78, 5) is 14.3. The molecule has 0 saturated heterocycles. The van der Waals surface area contributed by atoms with Crippen LogP contribution in [0.15, 0.2) is 30.3 Å². The molecule has 1 aliphatic carbocycles. The summed E-state index contributed by atoms with van der Waals surface area (Å²) in [7, 11) is 3.61. The number of carbonyl (C=O) groups excluding carboxylic acids is 1. The molecule has 1 aliphatic rings. The van der Waals surface area contributed by atoms with Crippen LogP contribution in [0, 0.1) is 12.3 Å². The molecule has 1 fully saturated rings. The Hall–Kier alpha value is -2.57. The van der Waals surface area contributed by atoms with Crippen LogP contribution in [0.5, 0.6) is 5.75 Å². The van der Waals surface area contributed by atoms with Gasteiger partial charge in [-0.3, -0.25) is 10.00 Å². The molecular weight excluding hydrogens is 318 g/mol. The van der Waals surface area contributed by atoms with E-state index in [1.54, 1.807) is 16.6 Å². The van der Waals surface area contributed by atoms with E-state index in [2.05, 4.69) is 29.5 Å². The first-order chi connectivity index (χ1) is 11.8. The van der Waals surface area contributed by atoms with Crippen LogP contribution in [-0.2, 0) is 7.05 Å². The molecule has 1 aromatic carbocycles. The second-order valence-corrected chi connectivity index (χ2v) is 7.18. The Morgan fingerprint density at radius 3 is 2.60 bits per heavy atom. The minimum Gasteiger partial charge on any atom is -0.490 e. The maximum Gasteiger partial charge on any atom is 0.323 e. The van der Waals surface area contributed by atoms with Gasteiger partial charge < -0.3 is 9.64 Å². The fraction of sp³-hybridized carbons (Fsp3) is 0.500. The minimum atomic E-state index is -0.181. The van der Waals surface area contributed by atoms with E-state index in [0.717, 1.165) is 17.9 Å². The van der Waals surface area contributed by atoms with E-state index in [4.69, 9.17) is 4.74 Å². The second-order valence-electron chi connectivity index (χ2n) is 7.18. The zero-order chi connectivity index (χ0) is 18.2. The lowest BCUT2D eigenvalue weighted by Gasteiger charge is -2.54. The average Bonchev–Trinajstić information content (AvgIpc) is 2.90. The fourth-order valence-electron chi connectivity index (χ4n) is 3.24. The van der Waals surface area contributed by atoms with Gasteiger partial charge in [0.15, 0.2) is 5.82 Å². The van der Waals surface area contributed by atoms with Gasteiger partial charge in [-0.15, -0.1) is 5.10 Å². The Bertz CT molecular complexity index is 756. The third-order valence-corrected chi connectivity index (χ3v) is 5.27. The molecule has 1 N–H and O–H groups in total. The number of amides is 2. The molecule has 2 amide bonds. The largest absolute Gasteiger partial charge is 0.490 e. The average molecular weight is 343 g/mol. The number of ether oxygens (including phenoxy) is 1. The molecule has 0 spiro atoms. The van der Waals surface area contributed by atoms with Gasteiger partial charge in [0.1, 0.15) is 11.9 Å². The minimum absolute atomic E-state index is 0.0772. The van der Waals surface area contributed by atoms with Crippen LogP contribution in [-0.4, -0.2) is 45.1 Å². The molecule has 7 heteroatoms. The van der Waals surface area contributed by atoms with Crippen LogP contribution < -0.4 is 10.1 Å². The maximum atomic E-state index is 12.6. The Labute approximate surface area is 148 Å². The van der Waals surface area contributed by atoms with Crippen LogP contribution >= 0.6 is 0 Å². The zero-order valence-corrected chi connectivity index (χ0v) is 15.4. The van der Waals surface area contributed by atoms with Gasteiger partial charge in [0, 0.05) is 32.0 Å². The van der Waals surface area contributed by atoms with E-state index in [9.17, 15) is 4.79 Å². The summed E-state index contributed by atoms with van der Waals surface area (Å²) in [6, 6.07) is 9.71. The number of hydrogen-bond donors (Lipinski definition) is 1. The Morgan fingerprint density at radius 1 is 1.36 bits per heavy atom. The Morgan fingerprint density at radius 2 is 2.04 bits per heavy atom. The lowest BCUT2D eigenvalue weighted by atomic mass is 9.64. The van der Waals surface area contributed by atoms with E-state index >= 15 is 0 Å². The molecule has 1 aromatic heterocycles. The number of carbonyl (C=O) groups is 1. The molecule has 1 saturated carbocycles. The van der Waals surface area contributed by atoms with Crippen molar-refractivity contribution >= 4 is 11.8 Å². The number of urea groups is 1. The number of nitrogens with zero attached hydrogens (tertiary/aromatic N) is 4. The first-order valence-electron chi connectivity index (χ1n) is 8.42. The number of nitrogens with one attached hydrogen (secondary N) is 1. The summed E-state index contributed by atoms with van der Waals surface area (Å²) in [5.74, 6) is 1.36. The van der Waals surface area contributed by atoms with Gasteiger partial charge in [-0.25, -0.2) is 4.79 Å². The summed E-state index contributed by atoms with van der Waals surface area (Å²) in [5, 5.41) is 10.7. The highest BCUT2D eigenvalue weighted by Gasteiger charge is 2.53. The van der Waals surface area contributed by atoms with Gasteiger partial charge in [-0.2, -0.15) is 0 Å². The predicted molar refractivity (Wildman–Crippen MR) is 95.6 cm³/mol. The van der Waals surface area contributed by atoms with E-state index < -0.39 is 0 Å². The van der Waals surface area contributed by atoms with Gasteiger partial charge >= 0.3 is 6.03 Å². The quantitative estimate of drug-likeness (QED) is 0.926. The van der Waals surface area contributed by atoms with Gasteiger partial charge in [0.25, 0.3) is 0 Å². The summed E-state index contributed by atoms with van der Waals surface area (Å²) >= 11 is 0. The molecule has 0 radical (unpaired) electrons. The SMILES string of the molecule is Cc1c(NC(=O)N(C)C2CC(Oc3ccccc3)C2(C)C)nnn1C. The summed E-state index contributed by atoms with van der Waals surface area (Å²) in [6.45, 7) is 6.13. The molecule has 7 nitrogen and oxygen atoms in total. The van der Waals surface area contributed by atoms with Crippen LogP contribution in [0.25, 0.3) is 0 Å². The van der Waals surface area contributed by atoms with Crippen molar-refractivity contribution in [2.45, 2.75) is 39.3 Å². The highest BCUT2D eigenvalue weighted by Crippen LogP contribution is 2.45. The number of benzene rings is 1. The lowest BCUT2D eigenvalue weighted by molar-refractivity contribution is -0.0848. The number of aromatic nitrogens is 3. The number of anilines is 1. The van der Waals surface area contributed by atoms with E-state index in [-0.39, 0.29) is 23.6 Å². The molecule has 0 aliphatic heterocycles. The van der Waals surface area contributed by atoms with Crippen molar-refractivity contribution in [1.82, 2.24) is 19.9 Å². The smallest absolute Gasteiger partial charge is 0.323 e. The van der Waals surface area contributed by atoms with Crippen LogP contribution in [0.3, 0.4) is 0 Å². The highest BCUT2D eigenvalue weighted by molar-refractivity contribution is 5.88. The molecule has 134 valence electrons. The lowest BCUT2D eigenvalue weighted by Crippen LogP contribution is -2.63. The first-order valence-corrected chi connectivity index (χ1v) is 8.42. The van der Waals surface area contributed by atoms with Crippen molar-refractivity contribution < 1.29 is 9.53 Å². The second kappa shape index (κ2) is 6.38. The van der Waals surface area contributed by atoms with Crippen molar-refractivity contribution in [2.75, 3.05) is 12.4 Å². The molecule has 1 heterocycles. The van der Waals surface area contributed by atoms with Gasteiger partial charge in [-0.1, -0.05) is 37.3 Å². The van der Waals surface area contributed by atoms with Crippen molar-refractivity contribution in [2.24, 2.45) is 12.5 Å². The van der Waals surface area contributed by atoms with Crippen molar-refractivity contribution in [3.05, 3.63) is 36.0 Å². The summed E-state index contributed by atoms with van der Waals surface area (Å²) in [6.07, 6.45) is 0.874. The fourth-order valence-corrected chi connectivity index (χ4v) is 3.24. The van der Waals surface area contributed by atoms with Crippen LogP contribution in [0.4, 0.5) is 10.6 Å². The number of para-hydroxylation sites is 1. The number of rotatable bonds is 4. The van der Waals surface area contributed by atoms with Crippen molar-refractivity contribution in [1.29, 1.82) is 0 Å². The highest BCUT2D eigenvalue weighted by atomic mass is 16.5. The van der Waals surface area contributed by atoms with Crippen molar-refractivity contribution in [3.8, 4) is 5.75 Å². The normalized spacial score (nSPS) is 21.3.